The highest BCUT2D eigenvalue weighted by Crippen LogP contribution is 2.19. The molecule has 0 radical (unpaired) electrons. The average Bonchev–Trinajstić information content (AvgIpc) is 2.80. The Morgan fingerprint density at radius 3 is 2.41 bits per heavy atom. The van der Waals surface area contributed by atoms with Crippen LogP contribution < -0.4 is 15.4 Å². The maximum absolute atomic E-state index is 12.8. The van der Waals surface area contributed by atoms with Gasteiger partial charge < -0.3 is 15.4 Å². The fourth-order valence-electron chi connectivity index (χ4n) is 3.92. The lowest BCUT2D eigenvalue weighted by atomic mass is 10.0. The number of amides is 2. The number of hydrogen-bond donors (Lipinski definition) is 2. The van der Waals surface area contributed by atoms with Crippen LogP contribution in [0.1, 0.15) is 25.3 Å². The van der Waals surface area contributed by atoms with E-state index in [0.29, 0.717) is 5.69 Å². The lowest BCUT2D eigenvalue weighted by Gasteiger charge is -2.32. The highest BCUT2D eigenvalue weighted by molar-refractivity contribution is 7.89. The highest BCUT2D eigenvalue weighted by atomic mass is 32.2. The van der Waals surface area contributed by atoms with Crippen molar-refractivity contribution in [1.82, 2.24) is 14.5 Å². The van der Waals surface area contributed by atoms with Gasteiger partial charge in [-0.2, -0.15) is 4.31 Å². The first-order valence-corrected chi connectivity index (χ1v) is 12.6. The third kappa shape index (κ3) is 7.02. The Balaban J connectivity index is 1.47. The lowest BCUT2D eigenvalue weighted by molar-refractivity contribution is -0.122. The molecular formula is C24H32N4O5S. The summed E-state index contributed by atoms with van der Waals surface area (Å²) in [4.78, 5) is 26.0. The predicted octanol–water partition coefficient (Wildman–Crippen LogP) is 2.05. The van der Waals surface area contributed by atoms with Gasteiger partial charge in [-0.3, -0.25) is 14.5 Å². The molecule has 0 bridgehead atoms. The number of piperidine rings is 1. The van der Waals surface area contributed by atoms with E-state index in [0.717, 1.165) is 42.5 Å². The Morgan fingerprint density at radius 1 is 1.12 bits per heavy atom. The smallest absolute Gasteiger partial charge is 0.243 e. The third-order valence-corrected chi connectivity index (χ3v) is 7.56. The van der Waals surface area contributed by atoms with Crippen LogP contribution in [0.4, 0.5) is 5.69 Å². The minimum absolute atomic E-state index is 0.0158. The van der Waals surface area contributed by atoms with E-state index in [2.05, 4.69) is 21.6 Å². The zero-order valence-electron chi connectivity index (χ0n) is 19.8. The van der Waals surface area contributed by atoms with Gasteiger partial charge in [0.1, 0.15) is 5.75 Å². The number of likely N-dealkylation sites (tertiary alicyclic amines) is 1. The summed E-state index contributed by atoms with van der Waals surface area (Å²) in [6.45, 7) is 3.62. The number of likely N-dealkylation sites (N-methyl/N-ethyl adjacent to an activating group) is 1. The van der Waals surface area contributed by atoms with Crippen molar-refractivity contribution < 1.29 is 22.7 Å². The van der Waals surface area contributed by atoms with Crippen molar-refractivity contribution >= 4 is 27.5 Å². The van der Waals surface area contributed by atoms with Crippen molar-refractivity contribution in [3.05, 3.63) is 54.1 Å². The molecule has 2 aromatic rings. The average molecular weight is 489 g/mol. The molecule has 0 aliphatic carbocycles. The van der Waals surface area contributed by atoms with Gasteiger partial charge in [0.25, 0.3) is 0 Å². The molecule has 9 nitrogen and oxygen atoms in total. The molecule has 34 heavy (non-hydrogen) atoms. The van der Waals surface area contributed by atoms with Crippen LogP contribution in [-0.2, 0) is 26.2 Å². The maximum Gasteiger partial charge on any atom is 0.243 e. The van der Waals surface area contributed by atoms with Crippen LogP contribution in [0.3, 0.4) is 0 Å². The molecule has 1 fully saturated rings. The Kier molecular flexibility index (Phi) is 8.65. The van der Waals surface area contributed by atoms with Gasteiger partial charge in [0.05, 0.1) is 18.6 Å². The maximum atomic E-state index is 12.8. The quantitative estimate of drug-likeness (QED) is 0.559. The molecule has 0 aromatic heterocycles. The fraction of sp³-hybridized carbons (Fsp3) is 0.417. The Bertz CT molecular complexity index is 1100. The fourth-order valence-corrected chi connectivity index (χ4v) is 5.05. The van der Waals surface area contributed by atoms with Gasteiger partial charge in [-0.25, -0.2) is 8.42 Å². The SMILES string of the molecule is COc1cccc(CN2CCC(NC(=O)CN(C)S(=O)(=O)c3ccc(NC(C)=O)cc3)CC2)c1. The van der Waals surface area contributed by atoms with E-state index in [1.807, 2.05) is 18.2 Å². The van der Waals surface area contributed by atoms with Gasteiger partial charge in [0, 0.05) is 45.3 Å². The first kappa shape index (κ1) is 25.7. The lowest BCUT2D eigenvalue weighted by Crippen LogP contribution is -2.47. The van der Waals surface area contributed by atoms with E-state index >= 15 is 0 Å². The van der Waals surface area contributed by atoms with Crippen molar-refractivity contribution in [1.29, 1.82) is 0 Å². The third-order valence-electron chi connectivity index (χ3n) is 5.74. The molecule has 0 unspecified atom stereocenters. The van der Waals surface area contributed by atoms with Crippen molar-refractivity contribution in [2.24, 2.45) is 0 Å². The number of carbonyl (C=O) groups excluding carboxylic acids is 2. The van der Waals surface area contributed by atoms with Crippen molar-refractivity contribution in [3.63, 3.8) is 0 Å². The molecule has 3 rings (SSSR count). The number of hydrogen-bond acceptors (Lipinski definition) is 6. The van der Waals surface area contributed by atoms with Crippen molar-refractivity contribution in [2.75, 3.05) is 39.1 Å². The zero-order valence-corrected chi connectivity index (χ0v) is 20.6. The first-order chi connectivity index (χ1) is 16.2. The van der Waals surface area contributed by atoms with Gasteiger partial charge in [-0.05, 0) is 54.8 Å². The molecule has 2 aromatic carbocycles. The Labute approximate surface area is 201 Å². The Morgan fingerprint density at radius 2 is 1.79 bits per heavy atom. The zero-order chi connectivity index (χ0) is 24.7. The molecule has 1 heterocycles. The Hall–Kier alpha value is -2.95. The molecular weight excluding hydrogens is 456 g/mol. The van der Waals surface area contributed by atoms with Crippen LogP contribution in [0.25, 0.3) is 0 Å². The normalized spacial score (nSPS) is 15.2. The van der Waals surface area contributed by atoms with Crippen LogP contribution in [-0.4, -0.2) is 69.3 Å². The van der Waals surface area contributed by atoms with Gasteiger partial charge in [0.15, 0.2) is 0 Å². The van der Waals surface area contributed by atoms with Gasteiger partial charge in [-0.1, -0.05) is 12.1 Å². The summed E-state index contributed by atoms with van der Waals surface area (Å²) in [6, 6.07) is 13.9. The minimum atomic E-state index is -3.83. The summed E-state index contributed by atoms with van der Waals surface area (Å²) in [5.41, 5.74) is 1.68. The van der Waals surface area contributed by atoms with Crippen LogP contribution in [0.2, 0.25) is 0 Å². The van der Waals surface area contributed by atoms with Gasteiger partial charge in [-0.15, -0.1) is 0 Å². The number of sulfonamides is 1. The van der Waals surface area contributed by atoms with E-state index in [4.69, 9.17) is 4.74 Å². The second-order valence-electron chi connectivity index (χ2n) is 8.44. The summed E-state index contributed by atoms with van der Waals surface area (Å²) >= 11 is 0. The second-order valence-corrected chi connectivity index (χ2v) is 10.5. The summed E-state index contributed by atoms with van der Waals surface area (Å²) in [5, 5.41) is 5.56. The molecule has 0 spiro atoms. The topological polar surface area (TPSA) is 108 Å². The monoisotopic (exact) mass is 488 g/mol. The number of nitrogens with zero attached hydrogens (tertiary/aromatic N) is 2. The number of carbonyl (C=O) groups is 2. The predicted molar refractivity (Wildman–Crippen MR) is 130 cm³/mol. The second kappa shape index (κ2) is 11.5. The van der Waals surface area contributed by atoms with Crippen LogP contribution in [0.5, 0.6) is 5.75 Å². The summed E-state index contributed by atoms with van der Waals surface area (Å²) in [6.07, 6.45) is 1.60. The van der Waals surface area contributed by atoms with E-state index < -0.39 is 10.0 Å². The van der Waals surface area contributed by atoms with E-state index in [1.54, 1.807) is 7.11 Å². The summed E-state index contributed by atoms with van der Waals surface area (Å²) in [7, 11) is -0.793. The van der Waals surface area contributed by atoms with E-state index in [-0.39, 0.29) is 29.3 Å². The molecule has 10 heteroatoms. The molecule has 1 aliphatic heterocycles. The summed E-state index contributed by atoms with van der Waals surface area (Å²) in [5.74, 6) is 0.269. The molecule has 0 saturated carbocycles. The van der Waals surface area contributed by atoms with Gasteiger partial charge >= 0.3 is 0 Å². The summed E-state index contributed by atoms with van der Waals surface area (Å²) < 4.78 is 31.9. The number of ether oxygens (including phenoxy) is 1. The van der Waals surface area contributed by atoms with Crippen LogP contribution in [0.15, 0.2) is 53.4 Å². The highest BCUT2D eigenvalue weighted by Gasteiger charge is 2.25. The largest absolute Gasteiger partial charge is 0.497 e. The standard InChI is InChI=1S/C24H32N4O5S/c1-18(29)25-20-7-9-23(10-8-20)34(31,32)27(2)17-24(30)26-21-11-13-28(14-12-21)16-19-5-4-6-22(15-19)33-3/h4-10,15,21H,11-14,16-17H2,1-3H3,(H,25,29)(H,26,30). The van der Waals surface area contributed by atoms with Crippen molar-refractivity contribution in [3.8, 4) is 5.75 Å². The van der Waals surface area contributed by atoms with E-state index in [1.165, 1.54) is 43.8 Å². The molecule has 1 saturated heterocycles. The molecule has 0 atom stereocenters. The molecule has 2 N–H and O–H groups in total. The molecule has 184 valence electrons. The van der Waals surface area contributed by atoms with E-state index in [9.17, 15) is 18.0 Å². The number of anilines is 1. The number of nitrogens with one attached hydrogen (secondary N) is 2. The number of benzene rings is 2. The van der Waals surface area contributed by atoms with Gasteiger partial charge in [0.2, 0.25) is 21.8 Å². The minimum Gasteiger partial charge on any atom is -0.497 e. The van der Waals surface area contributed by atoms with Crippen LogP contribution >= 0.6 is 0 Å². The first-order valence-electron chi connectivity index (χ1n) is 11.2. The molecule has 1 aliphatic rings. The number of methoxy groups -OCH3 is 1. The van der Waals surface area contributed by atoms with Crippen LogP contribution in [0, 0.1) is 0 Å². The number of rotatable bonds is 9. The molecule has 2 amide bonds. The van der Waals surface area contributed by atoms with Crippen molar-refractivity contribution in [2.45, 2.75) is 37.2 Å².